The summed E-state index contributed by atoms with van der Waals surface area (Å²) < 4.78 is 10.3. The van der Waals surface area contributed by atoms with Gasteiger partial charge in [0.1, 0.15) is 6.61 Å². The van der Waals surface area contributed by atoms with E-state index in [2.05, 4.69) is 6.58 Å². The van der Waals surface area contributed by atoms with Crippen LogP contribution < -0.4 is 0 Å². The van der Waals surface area contributed by atoms with Crippen molar-refractivity contribution in [3.63, 3.8) is 0 Å². The van der Waals surface area contributed by atoms with Gasteiger partial charge in [0.15, 0.2) is 6.29 Å². The number of hydrogen-bond acceptors (Lipinski definition) is 4. The van der Waals surface area contributed by atoms with Crippen molar-refractivity contribution >= 4 is 6.09 Å². The molecule has 0 saturated carbocycles. The predicted molar refractivity (Wildman–Crippen MR) is 68.0 cm³/mol. The zero-order chi connectivity index (χ0) is 13.7. The molecule has 1 saturated heterocycles. The van der Waals surface area contributed by atoms with Crippen LogP contribution in [-0.4, -0.2) is 47.7 Å². The first-order chi connectivity index (χ1) is 8.47. The third kappa shape index (κ3) is 3.71. The fourth-order valence-electron chi connectivity index (χ4n) is 2.21. The van der Waals surface area contributed by atoms with Gasteiger partial charge in [0.05, 0.1) is 12.6 Å². The number of amides is 1. The second-order valence-corrected chi connectivity index (χ2v) is 4.93. The molecule has 1 fully saturated rings. The van der Waals surface area contributed by atoms with Crippen LogP contribution >= 0.6 is 0 Å². The maximum atomic E-state index is 12.0. The number of rotatable bonds is 4. The minimum absolute atomic E-state index is 0.0219. The van der Waals surface area contributed by atoms with Crippen molar-refractivity contribution in [1.82, 2.24) is 4.90 Å². The largest absolute Gasteiger partial charge is 0.445 e. The summed E-state index contributed by atoms with van der Waals surface area (Å²) in [7, 11) is 0. The van der Waals surface area contributed by atoms with Crippen molar-refractivity contribution < 1.29 is 19.4 Å². The first kappa shape index (κ1) is 15.0. The van der Waals surface area contributed by atoms with Gasteiger partial charge < -0.3 is 19.5 Å². The van der Waals surface area contributed by atoms with Crippen LogP contribution in [0, 0.1) is 5.92 Å². The molecule has 3 atom stereocenters. The molecule has 1 heterocycles. The fraction of sp³-hybridized carbons (Fsp3) is 0.769. The number of carbonyl (C=O) groups excluding carboxylic acids is 1. The van der Waals surface area contributed by atoms with Crippen LogP contribution in [-0.2, 0) is 9.47 Å². The van der Waals surface area contributed by atoms with E-state index in [1.165, 1.54) is 0 Å². The van der Waals surface area contributed by atoms with E-state index in [4.69, 9.17) is 9.47 Å². The number of carbonyl (C=O) groups is 1. The maximum absolute atomic E-state index is 12.0. The second-order valence-electron chi connectivity index (χ2n) is 4.93. The molecule has 5 nitrogen and oxygen atoms in total. The number of aliphatic hydroxyl groups is 1. The molecule has 5 heteroatoms. The Bertz CT molecular complexity index is 293. The van der Waals surface area contributed by atoms with Gasteiger partial charge in [-0.15, -0.1) is 0 Å². The molecule has 1 N–H and O–H groups in total. The van der Waals surface area contributed by atoms with Crippen molar-refractivity contribution in [3.8, 4) is 0 Å². The van der Waals surface area contributed by atoms with E-state index in [9.17, 15) is 9.90 Å². The van der Waals surface area contributed by atoms with E-state index in [1.54, 1.807) is 11.0 Å². The summed E-state index contributed by atoms with van der Waals surface area (Å²) in [5, 5.41) is 9.43. The monoisotopic (exact) mass is 257 g/mol. The Hall–Kier alpha value is -1.07. The fourth-order valence-corrected chi connectivity index (χ4v) is 2.21. The Morgan fingerprint density at radius 3 is 2.83 bits per heavy atom. The van der Waals surface area contributed by atoms with Gasteiger partial charge >= 0.3 is 6.09 Å². The molecule has 1 aliphatic heterocycles. The molecule has 0 radical (unpaired) electrons. The summed E-state index contributed by atoms with van der Waals surface area (Å²) >= 11 is 0. The van der Waals surface area contributed by atoms with E-state index in [1.807, 2.05) is 20.8 Å². The lowest BCUT2D eigenvalue weighted by atomic mass is 9.94. The SMILES string of the molecule is C=CCOC(=O)N(C(C)C)[C@H]1CO[C@H](O)C[C@H]1C. The molecule has 0 aromatic carbocycles. The van der Waals surface area contributed by atoms with E-state index in [-0.39, 0.29) is 30.7 Å². The van der Waals surface area contributed by atoms with Crippen LogP contribution in [0.2, 0.25) is 0 Å². The number of hydrogen-bond donors (Lipinski definition) is 1. The average molecular weight is 257 g/mol. The molecular weight excluding hydrogens is 234 g/mol. The van der Waals surface area contributed by atoms with Gasteiger partial charge in [-0.2, -0.15) is 0 Å². The minimum Gasteiger partial charge on any atom is -0.445 e. The van der Waals surface area contributed by atoms with Gasteiger partial charge in [0.2, 0.25) is 0 Å². The van der Waals surface area contributed by atoms with Crippen molar-refractivity contribution in [2.75, 3.05) is 13.2 Å². The summed E-state index contributed by atoms with van der Waals surface area (Å²) in [6.07, 6.45) is 0.986. The summed E-state index contributed by atoms with van der Waals surface area (Å²) in [4.78, 5) is 13.7. The van der Waals surface area contributed by atoms with Crippen molar-refractivity contribution in [2.45, 2.75) is 45.6 Å². The van der Waals surface area contributed by atoms with Crippen molar-refractivity contribution in [2.24, 2.45) is 5.92 Å². The standard InChI is InChI=1S/C13H23NO4/c1-5-6-17-13(16)14(9(2)3)11-8-18-12(15)7-10(11)4/h5,9-12,15H,1,6-8H2,2-4H3/t10-,11+,12+/m1/s1. The highest BCUT2D eigenvalue weighted by Crippen LogP contribution is 2.25. The molecule has 1 rings (SSSR count). The van der Waals surface area contributed by atoms with Gasteiger partial charge in [-0.1, -0.05) is 19.6 Å². The first-order valence-electron chi connectivity index (χ1n) is 6.33. The highest BCUT2D eigenvalue weighted by Gasteiger charge is 2.36. The molecular formula is C13H23NO4. The van der Waals surface area contributed by atoms with Gasteiger partial charge in [-0.05, 0) is 19.8 Å². The van der Waals surface area contributed by atoms with Crippen LogP contribution in [0.15, 0.2) is 12.7 Å². The van der Waals surface area contributed by atoms with Crippen molar-refractivity contribution in [3.05, 3.63) is 12.7 Å². The number of ether oxygens (including phenoxy) is 2. The number of aliphatic hydroxyl groups excluding tert-OH is 1. The molecule has 0 aromatic rings. The molecule has 1 amide bonds. The lowest BCUT2D eigenvalue weighted by molar-refractivity contribution is -0.161. The third-order valence-corrected chi connectivity index (χ3v) is 3.14. The minimum atomic E-state index is -0.727. The van der Waals surface area contributed by atoms with E-state index in [0.29, 0.717) is 13.0 Å². The lowest BCUT2D eigenvalue weighted by Crippen LogP contribution is -2.53. The average Bonchev–Trinajstić information content (AvgIpc) is 2.29. The Balaban J connectivity index is 2.71. The summed E-state index contributed by atoms with van der Waals surface area (Å²) in [6, 6.07) is -0.0423. The van der Waals surface area contributed by atoms with E-state index in [0.717, 1.165) is 0 Å². The smallest absolute Gasteiger partial charge is 0.410 e. The van der Waals surface area contributed by atoms with Gasteiger partial charge in [-0.25, -0.2) is 4.79 Å². The molecule has 1 aliphatic rings. The van der Waals surface area contributed by atoms with E-state index >= 15 is 0 Å². The maximum Gasteiger partial charge on any atom is 0.410 e. The highest BCUT2D eigenvalue weighted by molar-refractivity contribution is 5.68. The quantitative estimate of drug-likeness (QED) is 0.780. The lowest BCUT2D eigenvalue weighted by Gasteiger charge is -2.41. The normalized spacial score (nSPS) is 27.9. The molecule has 0 aliphatic carbocycles. The Morgan fingerprint density at radius 2 is 2.33 bits per heavy atom. The number of nitrogens with zero attached hydrogens (tertiary/aromatic N) is 1. The van der Waals surface area contributed by atoms with Crippen LogP contribution in [0.3, 0.4) is 0 Å². The molecule has 0 spiro atoms. The topological polar surface area (TPSA) is 59.0 Å². The van der Waals surface area contributed by atoms with Crippen LogP contribution in [0.25, 0.3) is 0 Å². The Kier molecular flexibility index (Phi) is 5.62. The first-order valence-corrected chi connectivity index (χ1v) is 6.33. The Morgan fingerprint density at radius 1 is 1.67 bits per heavy atom. The Labute approximate surface area is 108 Å². The summed E-state index contributed by atoms with van der Waals surface area (Å²) in [6.45, 7) is 9.94. The van der Waals surface area contributed by atoms with Crippen molar-refractivity contribution in [1.29, 1.82) is 0 Å². The zero-order valence-electron chi connectivity index (χ0n) is 11.3. The van der Waals surface area contributed by atoms with Gasteiger partial charge in [0.25, 0.3) is 0 Å². The molecule has 104 valence electrons. The van der Waals surface area contributed by atoms with Gasteiger partial charge in [-0.3, -0.25) is 0 Å². The molecule has 0 aromatic heterocycles. The summed E-state index contributed by atoms with van der Waals surface area (Å²) in [5.41, 5.74) is 0. The molecule has 18 heavy (non-hydrogen) atoms. The third-order valence-electron chi connectivity index (χ3n) is 3.14. The van der Waals surface area contributed by atoms with Crippen LogP contribution in [0.4, 0.5) is 4.79 Å². The van der Waals surface area contributed by atoms with Crippen LogP contribution in [0.5, 0.6) is 0 Å². The van der Waals surface area contributed by atoms with E-state index < -0.39 is 6.29 Å². The highest BCUT2D eigenvalue weighted by atomic mass is 16.6. The second kappa shape index (κ2) is 6.75. The predicted octanol–water partition coefficient (Wildman–Crippen LogP) is 1.76. The molecule has 0 bridgehead atoms. The zero-order valence-corrected chi connectivity index (χ0v) is 11.3. The van der Waals surface area contributed by atoms with Gasteiger partial charge in [0, 0.05) is 12.5 Å². The summed E-state index contributed by atoms with van der Waals surface area (Å²) in [5.74, 6) is 0.174. The molecule has 0 unspecified atom stereocenters. The van der Waals surface area contributed by atoms with Crippen LogP contribution in [0.1, 0.15) is 27.2 Å².